The van der Waals surface area contributed by atoms with Crippen LogP contribution in [0.25, 0.3) is 0 Å². The zero-order valence-corrected chi connectivity index (χ0v) is 13.8. The minimum Gasteiger partial charge on any atom is -0.300 e. The van der Waals surface area contributed by atoms with Gasteiger partial charge in [0.25, 0.3) is 0 Å². The summed E-state index contributed by atoms with van der Waals surface area (Å²) in [7, 11) is 0. The Bertz CT molecular complexity index is 606. The lowest BCUT2D eigenvalue weighted by Gasteiger charge is -2.36. The summed E-state index contributed by atoms with van der Waals surface area (Å²) in [6, 6.07) is 17.8. The van der Waals surface area contributed by atoms with Crippen molar-refractivity contribution in [3.63, 3.8) is 0 Å². The monoisotopic (exact) mass is 312 g/mol. The fourth-order valence-corrected chi connectivity index (χ4v) is 3.33. The van der Waals surface area contributed by atoms with Gasteiger partial charge >= 0.3 is 0 Å². The highest BCUT2D eigenvalue weighted by molar-refractivity contribution is 5.21. The van der Waals surface area contributed by atoms with Crippen molar-refractivity contribution >= 4 is 0 Å². The highest BCUT2D eigenvalue weighted by Gasteiger charge is 2.20. The van der Waals surface area contributed by atoms with E-state index in [1.54, 1.807) is 12.1 Å². The van der Waals surface area contributed by atoms with Gasteiger partial charge in [0, 0.05) is 39.3 Å². The minimum absolute atomic E-state index is 0.0808. The Morgan fingerprint density at radius 2 is 1.48 bits per heavy atom. The molecule has 2 nitrogen and oxygen atoms in total. The Hall–Kier alpha value is -1.71. The summed E-state index contributed by atoms with van der Waals surface area (Å²) in [6.45, 7) is 8.36. The zero-order valence-electron chi connectivity index (χ0n) is 13.8. The molecule has 0 aliphatic carbocycles. The van der Waals surface area contributed by atoms with Gasteiger partial charge in [-0.25, -0.2) is 4.39 Å². The van der Waals surface area contributed by atoms with Crippen LogP contribution in [0, 0.1) is 5.82 Å². The van der Waals surface area contributed by atoms with Crippen LogP contribution in [0.1, 0.15) is 24.0 Å². The first kappa shape index (κ1) is 16.2. The third-order valence-electron chi connectivity index (χ3n) is 4.68. The van der Waals surface area contributed by atoms with E-state index in [-0.39, 0.29) is 11.7 Å². The van der Waals surface area contributed by atoms with Crippen LogP contribution in [0.15, 0.2) is 54.6 Å². The van der Waals surface area contributed by atoms with E-state index < -0.39 is 0 Å². The number of benzene rings is 2. The van der Waals surface area contributed by atoms with E-state index in [9.17, 15) is 4.39 Å². The minimum atomic E-state index is -0.0808. The number of halogens is 1. The first-order chi connectivity index (χ1) is 11.2. The molecule has 1 atom stereocenters. The maximum Gasteiger partial charge on any atom is 0.126 e. The standard InChI is InChI=1S/C20H25FN2/c1-17(19-9-5-6-10-20(19)21)15-22-11-13-23(14-12-22)16-18-7-3-2-4-8-18/h2-10,17H,11-16H2,1H3. The molecule has 1 saturated heterocycles. The van der Waals surface area contributed by atoms with Crippen LogP contribution in [0.5, 0.6) is 0 Å². The summed E-state index contributed by atoms with van der Waals surface area (Å²) >= 11 is 0. The quantitative estimate of drug-likeness (QED) is 0.830. The third-order valence-corrected chi connectivity index (χ3v) is 4.68. The molecule has 122 valence electrons. The second-order valence-corrected chi connectivity index (χ2v) is 6.48. The highest BCUT2D eigenvalue weighted by Crippen LogP contribution is 2.20. The van der Waals surface area contributed by atoms with E-state index in [4.69, 9.17) is 0 Å². The Kier molecular flexibility index (Phi) is 5.42. The molecule has 0 spiro atoms. The largest absolute Gasteiger partial charge is 0.300 e. The fourth-order valence-electron chi connectivity index (χ4n) is 3.33. The lowest BCUT2D eigenvalue weighted by Crippen LogP contribution is -2.46. The molecule has 0 bridgehead atoms. The topological polar surface area (TPSA) is 6.48 Å². The summed E-state index contributed by atoms with van der Waals surface area (Å²) in [5.41, 5.74) is 2.21. The van der Waals surface area contributed by atoms with E-state index in [1.807, 2.05) is 12.1 Å². The normalized spacial score (nSPS) is 18.0. The number of hydrogen-bond donors (Lipinski definition) is 0. The van der Waals surface area contributed by atoms with E-state index in [2.05, 4.69) is 47.1 Å². The zero-order chi connectivity index (χ0) is 16.1. The first-order valence-corrected chi connectivity index (χ1v) is 8.45. The molecule has 1 aliphatic rings. The predicted octanol–water partition coefficient (Wildman–Crippen LogP) is 3.75. The van der Waals surface area contributed by atoms with Crippen molar-refractivity contribution in [3.8, 4) is 0 Å². The number of piperazine rings is 1. The molecule has 2 aromatic rings. The smallest absolute Gasteiger partial charge is 0.126 e. The van der Waals surface area contributed by atoms with Gasteiger partial charge in [-0.1, -0.05) is 55.5 Å². The third kappa shape index (κ3) is 4.40. The molecule has 0 N–H and O–H groups in total. The molecule has 1 aliphatic heterocycles. The van der Waals surface area contributed by atoms with Crippen LogP contribution >= 0.6 is 0 Å². The lowest BCUT2D eigenvalue weighted by molar-refractivity contribution is 0.122. The Morgan fingerprint density at radius 3 is 2.17 bits per heavy atom. The maximum atomic E-state index is 13.9. The van der Waals surface area contributed by atoms with Crippen LogP contribution in [-0.4, -0.2) is 42.5 Å². The van der Waals surface area contributed by atoms with Crippen LogP contribution in [0.3, 0.4) is 0 Å². The number of nitrogens with zero attached hydrogens (tertiary/aromatic N) is 2. The van der Waals surface area contributed by atoms with Crippen molar-refractivity contribution in [2.45, 2.75) is 19.4 Å². The molecule has 3 heteroatoms. The van der Waals surface area contributed by atoms with Gasteiger partial charge in [-0.3, -0.25) is 4.90 Å². The van der Waals surface area contributed by atoms with E-state index in [0.717, 1.165) is 44.8 Å². The first-order valence-electron chi connectivity index (χ1n) is 8.45. The van der Waals surface area contributed by atoms with Gasteiger partial charge in [0.1, 0.15) is 5.82 Å². The van der Waals surface area contributed by atoms with E-state index in [1.165, 1.54) is 5.56 Å². The van der Waals surface area contributed by atoms with Crippen molar-refractivity contribution < 1.29 is 4.39 Å². The summed E-state index contributed by atoms with van der Waals surface area (Å²) in [5.74, 6) is 0.152. The van der Waals surface area contributed by atoms with Gasteiger partial charge in [-0.15, -0.1) is 0 Å². The summed E-state index contributed by atoms with van der Waals surface area (Å²) in [5, 5.41) is 0. The molecule has 23 heavy (non-hydrogen) atoms. The van der Waals surface area contributed by atoms with Crippen LogP contribution < -0.4 is 0 Å². The average molecular weight is 312 g/mol. The molecule has 3 rings (SSSR count). The van der Waals surface area contributed by atoms with Crippen molar-refractivity contribution in [3.05, 3.63) is 71.5 Å². The summed E-state index contributed by atoms with van der Waals surface area (Å²) in [4.78, 5) is 4.96. The molecule has 1 unspecified atom stereocenters. The van der Waals surface area contributed by atoms with Crippen molar-refractivity contribution in [2.24, 2.45) is 0 Å². The molecule has 2 aromatic carbocycles. The second kappa shape index (κ2) is 7.71. The molecule has 1 fully saturated rings. The predicted molar refractivity (Wildman–Crippen MR) is 93.0 cm³/mol. The van der Waals surface area contributed by atoms with Gasteiger partial charge < -0.3 is 4.90 Å². The Labute approximate surface area is 138 Å². The van der Waals surface area contributed by atoms with Crippen LogP contribution in [-0.2, 0) is 6.54 Å². The van der Waals surface area contributed by atoms with Gasteiger partial charge in [0.15, 0.2) is 0 Å². The molecular formula is C20H25FN2. The maximum absolute atomic E-state index is 13.9. The van der Waals surface area contributed by atoms with Crippen molar-refractivity contribution in [2.75, 3.05) is 32.7 Å². The number of rotatable bonds is 5. The average Bonchev–Trinajstić information content (AvgIpc) is 2.58. The molecule has 1 heterocycles. The summed E-state index contributed by atoms with van der Waals surface area (Å²) in [6.07, 6.45) is 0. The molecule has 0 saturated carbocycles. The molecule has 0 aromatic heterocycles. The number of hydrogen-bond acceptors (Lipinski definition) is 2. The van der Waals surface area contributed by atoms with E-state index in [0.29, 0.717) is 0 Å². The van der Waals surface area contributed by atoms with E-state index >= 15 is 0 Å². The SMILES string of the molecule is CC(CN1CCN(Cc2ccccc2)CC1)c1ccccc1F. The van der Waals surface area contributed by atoms with Gasteiger partial charge in [-0.2, -0.15) is 0 Å². The summed E-state index contributed by atoms with van der Waals surface area (Å²) < 4.78 is 13.9. The fraction of sp³-hybridized carbons (Fsp3) is 0.400. The van der Waals surface area contributed by atoms with Crippen LogP contribution in [0.2, 0.25) is 0 Å². The van der Waals surface area contributed by atoms with Gasteiger partial charge in [0.05, 0.1) is 0 Å². The second-order valence-electron chi connectivity index (χ2n) is 6.48. The van der Waals surface area contributed by atoms with Crippen molar-refractivity contribution in [1.29, 1.82) is 0 Å². The van der Waals surface area contributed by atoms with Crippen molar-refractivity contribution in [1.82, 2.24) is 9.80 Å². The highest BCUT2D eigenvalue weighted by atomic mass is 19.1. The Balaban J connectivity index is 1.48. The molecular weight excluding hydrogens is 287 g/mol. The molecule has 0 radical (unpaired) electrons. The van der Waals surface area contributed by atoms with Gasteiger partial charge in [0.2, 0.25) is 0 Å². The van der Waals surface area contributed by atoms with Crippen LogP contribution in [0.4, 0.5) is 4.39 Å². The Morgan fingerprint density at radius 1 is 0.870 bits per heavy atom. The molecule has 0 amide bonds. The lowest BCUT2D eigenvalue weighted by atomic mass is 9.99. The van der Waals surface area contributed by atoms with Gasteiger partial charge in [-0.05, 0) is 23.1 Å².